The van der Waals surface area contributed by atoms with Crippen LogP contribution in [-0.4, -0.2) is 35.7 Å². The van der Waals surface area contributed by atoms with Crippen molar-refractivity contribution in [2.75, 3.05) is 24.6 Å². The van der Waals surface area contributed by atoms with Gasteiger partial charge in [-0.3, -0.25) is 0 Å². The van der Waals surface area contributed by atoms with E-state index >= 15 is 0 Å². The molecular weight excluding hydrogens is 264 g/mol. The minimum Gasteiger partial charge on any atom is -0.478 e. The van der Waals surface area contributed by atoms with Crippen LogP contribution in [0.5, 0.6) is 5.88 Å². The van der Waals surface area contributed by atoms with Crippen LogP contribution in [0.1, 0.15) is 45.1 Å². The van der Waals surface area contributed by atoms with Gasteiger partial charge in [-0.25, -0.2) is 9.97 Å². The van der Waals surface area contributed by atoms with Crippen LogP contribution in [0.3, 0.4) is 0 Å². The van der Waals surface area contributed by atoms with Gasteiger partial charge in [0.15, 0.2) is 0 Å². The largest absolute Gasteiger partial charge is 0.478 e. The van der Waals surface area contributed by atoms with Gasteiger partial charge >= 0.3 is 0 Å². The molecule has 0 aromatic carbocycles. The first-order valence-electron chi connectivity index (χ1n) is 8.13. The molecule has 1 fully saturated rings. The number of nitrogens with zero attached hydrogens (tertiary/aromatic N) is 3. The van der Waals surface area contributed by atoms with Crippen LogP contribution in [-0.2, 0) is 0 Å². The summed E-state index contributed by atoms with van der Waals surface area (Å²) in [5.41, 5.74) is 7.03. The molecule has 1 heterocycles. The van der Waals surface area contributed by atoms with Crippen molar-refractivity contribution < 1.29 is 4.74 Å². The van der Waals surface area contributed by atoms with Gasteiger partial charge in [-0.1, -0.05) is 12.8 Å². The Morgan fingerprint density at radius 2 is 2.05 bits per heavy atom. The molecule has 0 saturated heterocycles. The van der Waals surface area contributed by atoms with E-state index in [1.54, 1.807) is 6.33 Å². The zero-order chi connectivity index (χ0) is 15.2. The van der Waals surface area contributed by atoms with E-state index in [0.717, 1.165) is 24.5 Å². The van der Waals surface area contributed by atoms with E-state index in [2.05, 4.69) is 21.8 Å². The molecule has 0 aliphatic heterocycles. The van der Waals surface area contributed by atoms with Gasteiger partial charge < -0.3 is 15.4 Å². The van der Waals surface area contributed by atoms with Crippen molar-refractivity contribution in [2.24, 2.45) is 11.7 Å². The predicted octanol–water partition coefficient (Wildman–Crippen LogP) is 2.53. The highest BCUT2D eigenvalue weighted by molar-refractivity contribution is 5.51. The summed E-state index contributed by atoms with van der Waals surface area (Å²) in [5, 5.41) is 0. The molecule has 1 aliphatic rings. The second-order valence-electron chi connectivity index (χ2n) is 5.69. The molecule has 2 rings (SSSR count). The third-order valence-corrected chi connectivity index (χ3v) is 4.48. The Kier molecular flexibility index (Phi) is 5.79. The SMILES string of the molecule is CCOc1ncnc(N(CC)C2CCCCC2CN)c1C. The Bertz CT molecular complexity index is 452. The Labute approximate surface area is 127 Å². The highest BCUT2D eigenvalue weighted by atomic mass is 16.5. The molecular formula is C16H28N4O. The monoisotopic (exact) mass is 292 g/mol. The van der Waals surface area contributed by atoms with Crippen molar-refractivity contribution in [1.29, 1.82) is 0 Å². The molecule has 2 atom stereocenters. The molecule has 118 valence electrons. The van der Waals surface area contributed by atoms with Gasteiger partial charge in [0.05, 0.1) is 12.2 Å². The Morgan fingerprint density at radius 1 is 1.29 bits per heavy atom. The zero-order valence-corrected chi connectivity index (χ0v) is 13.5. The molecule has 0 radical (unpaired) electrons. The second-order valence-corrected chi connectivity index (χ2v) is 5.69. The fourth-order valence-electron chi connectivity index (χ4n) is 3.41. The molecule has 21 heavy (non-hydrogen) atoms. The van der Waals surface area contributed by atoms with Crippen molar-refractivity contribution in [3.63, 3.8) is 0 Å². The van der Waals surface area contributed by atoms with Crippen molar-refractivity contribution in [2.45, 2.75) is 52.5 Å². The molecule has 0 spiro atoms. The summed E-state index contributed by atoms with van der Waals surface area (Å²) in [5.74, 6) is 2.26. The zero-order valence-electron chi connectivity index (χ0n) is 13.5. The summed E-state index contributed by atoms with van der Waals surface area (Å²) in [6.07, 6.45) is 6.60. The van der Waals surface area contributed by atoms with E-state index in [-0.39, 0.29) is 0 Å². The van der Waals surface area contributed by atoms with Gasteiger partial charge in [0, 0.05) is 12.6 Å². The number of hydrogen-bond donors (Lipinski definition) is 1. The summed E-state index contributed by atoms with van der Waals surface area (Å²) in [4.78, 5) is 11.2. The number of nitrogens with two attached hydrogens (primary N) is 1. The maximum absolute atomic E-state index is 6.00. The van der Waals surface area contributed by atoms with Crippen molar-refractivity contribution in [3.05, 3.63) is 11.9 Å². The first-order valence-corrected chi connectivity index (χ1v) is 8.13. The Morgan fingerprint density at radius 3 is 2.71 bits per heavy atom. The lowest BCUT2D eigenvalue weighted by atomic mass is 9.83. The van der Waals surface area contributed by atoms with Gasteiger partial charge in [-0.2, -0.15) is 0 Å². The lowest BCUT2D eigenvalue weighted by Gasteiger charge is -2.40. The van der Waals surface area contributed by atoms with Gasteiger partial charge in [-0.15, -0.1) is 0 Å². The molecule has 1 aromatic heterocycles. The molecule has 1 aliphatic carbocycles. The van der Waals surface area contributed by atoms with E-state index in [1.807, 2.05) is 13.8 Å². The topological polar surface area (TPSA) is 64.3 Å². The van der Waals surface area contributed by atoms with E-state index in [4.69, 9.17) is 10.5 Å². The van der Waals surface area contributed by atoms with Crippen molar-refractivity contribution >= 4 is 5.82 Å². The number of hydrogen-bond acceptors (Lipinski definition) is 5. The smallest absolute Gasteiger partial charge is 0.221 e. The van der Waals surface area contributed by atoms with Crippen LogP contribution in [0.25, 0.3) is 0 Å². The van der Waals surface area contributed by atoms with Gasteiger partial charge in [0.1, 0.15) is 12.1 Å². The summed E-state index contributed by atoms with van der Waals surface area (Å²) >= 11 is 0. The lowest BCUT2D eigenvalue weighted by molar-refractivity contribution is 0.297. The predicted molar refractivity (Wildman–Crippen MR) is 85.8 cm³/mol. The summed E-state index contributed by atoms with van der Waals surface area (Å²) in [6, 6.07) is 0.483. The lowest BCUT2D eigenvalue weighted by Crippen LogP contribution is -2.46. The molecule has 2 unspecified atom stereocenters. The number of anilines is 1. The fourth-order valence-corrected chi connectivity index (χ4v) is 3.41. The van der Waals surface area contributed by atoms with Gasteiger partial charge in [0.25, 0.3) is 0 Å². The van der Waals surface area contributed by atoms with Crippen LogP contribution < -0.4 is 15.4 Å². The number of aromatic nitrogens is 2. The highest BCUT2D eigenvalue weighted by Crippen LogP contribution is 2.33. The number of rotatable bonds is 6. The minimum atomic E-state index is 0.483. The molecule has 0 amide bonds. The minimum absolute atomic E-state index is 0.483. The average molecular weight is 292 g/mol. The maximum Gasteiger partial charge on any atom is 0.221 e. The number of ether oxygens (including phenoxy) is 1. The molecule has 5 heteroatoms. The van der Waals surface area contributed by atoms with E-state index < -0.39 is 0 Å². The summed E-state index contributed by atoms with van der Waals surface area (Å²) in [7, 11) is 0. The first-order chi connectivity index (χ1) is 10.2. The van der Waals surface area contributed by atoms with E-state index in [0.29, 0.717) is 24.4 Å². The fraction of sp³-hybridized carbons (Fsp3) is 0.750. The van der Waals surface area contributed by atoms with Crippen LogP contribution in [0.15, 0.2) is 6.33 Å². The average Bonchev–Trinajstić information content (AvgIpc) is 2.52. The van der Waals surface area contributed by atoms with Crippen LogP contribution in [0.4, 0.5) is 5.82 Å². The van der Waals surface area contributed by atoms with E-state index in [1.165, 1.54) is 25.7 Å². The molecule has 0 bridgehead atoms. The van der Waals surface area contributed by atoms with Crippen molar-refractivity contribution in [1.82, 2.24) is 9.97 Å². The third kappa shape index (κ3) is 3.46. The highest BCUT2D eigenvalue weighted by Gasteiger charge is 2.30. The molecule has 5 nitrogen and oxygen atoms in total. The van der Waals surface area contributed by atoms with Crippen LogP contribution in [0.2, 0.25) is 0 Å². The Balaban J connectivity index is 2.30. The third-order valence-electron chi connectivity index (χ3n) is 4.48. The molecule has 1 saturated carbocycles. The van der Waals surface area contributed by atoms with E-state index in [9.17, 15) is 0 Å². The standard InChI is InChI=1S/C16H28N4O/c1-4-20(14-9-7-6-8-13(14)10-17)15-12(3)16(21-5-2)19-11-18-15/h11,13-14H,4-10,17H2,1-3H3. The Hall–Kier alpha value is -1.36. The second kappa shape index (κ2) is 7.59. The maximum atomic E-state index is 6.00. The van der Waals surface area contributed by atoms with Crippen LogP contribution >= 0.6 is 0 Å². The normalized spacial score (nSPS) is 22.1. The van der Waals surface area contributed by atoms with Gasteiger partial charge in [-0.05, 0) is 46.1 Å². The summed E-state index contributed by atoms with van der Waals surface area (Å²) < 4.78 is 5.61. The van der Waals surface area contributed by atoms with Crippen LogP contribution in [0, 0.1) is 12.8 Å². The molecule has 1 aromatic rings. The summed E-state index contributed by atoms with van der Waals surface area (Å²) in [6.45, 7) is 8.52. The van der Waals surface area contributed by atoms with Crippen molar-refractivity contribution in [3.8, 4) is 5.88 Å². The quantitative estimate of drug-likeness (QED) is 0.873. The first kappa shape index (κ1) is 16.0. The molecule has 2 N–H and O–H groups in total. The van der Waals surface area contributed by atoms with Gasteiger partial charge in [0.2, 0.25) is 5.88 Å².